The molecule has 106 valence electrons. The first-order valence-electron chi connectivity index (χ1n) is 5.98. The maximum absolute atomic E-state index is 12.1. The lowest BCUT2D eigenvalue weighted by Gasteiger charge is -2.12. The summed E-state index contributed by atoms with van der Waals surface area (Å²) >= 11 is 3.28. The molecule has 0 amide bonds. The number of ether oxygens (including phenoxy) is 2. The first-order valence-corrected chi connectivity index (χ1v) is 8.25. The molecule has 1 fully saturated rings. The molecule has 0 spiro atoms. The third-order valence-corrected chi connectivity index (χ3v) is 5.00. The summed E-state index contributed by atoms with van der Waals surface area (Å²) in [4.78, 5) is 0.207. The number of halogens is 1. The molecule has 0 aliphatic carbocycles. The molecule has 0 bridgehead atoms. The molecule has 19 heavy (non-hydrogen) atoms. The van der Waals surface area contributed by atoms with Crippen LogP contribution in [0.4, 0.5) is 0 Å². The minimum Gasteiger partial charge on any atom is -0.496 e. The van der Waals surface area contributed by atoms with E-state index in [1.165, 1.54) is 19.2 Å². The van der Waals surface area contributed by atoms with Gasteiger partial charge in [0, 0.05) is 13.2 Å². The third kappa shape index (κ3) is 3.68. The standard InChI is InChI=1S/C12H16BrNO4S/c1-17-12-5-4-10(7-11(12)13)19(15,16)14-8-9-3-2-6-18-9/h4-5,7,9,14H,2-3,6,8H2,1H3/t9-/m1/s1. The molecular weight excluding hydrogens is 334 g/mol. The van der Waals surface area contributed by atoms with E-state index >= 15 is 0 Å². The fourth-order valence-electron chi connectivity index (χ4n) is 1.91. The molecule has 1 heterocycles. The zero-order chi connectivity index (χ0) is 13.9. The largest absolute Gasteiger partial charge is 0.496 e. The van der Waals surface area contributed by atoms with Gasteiger partial charge >= 0.3 is 0 Å². The summed E-state index contributed by atoms with van der Waals surface area (Å²) in [6, 6.07) is 4.66. The molecule has 2 rings (SSSR count). The van der Waals surface area contributed by atoms with Crippen LogP contribution in [0.5, 0.6) is 5.75 Å². The monoisotopic (exact) mass is 349 g/mol. The molecule has 1 atom stereocenters. The highest BCUT2D eigenvalue weighted by molar-refractivity contribution is 9.10. The Morgan fingerprint density at radius 3 is 2.89 bits per heavy atom. The molecule has 0 radical (unpaired) electrons. The van der Waals surface area contributed by atoms with Crippen LogP contribution in [0.2, 0.25) is 0 Å². The van der Waals surface area contributed by atoms with Crippen LogP contribution in [0.1, 0.15) is 12.8 Å². The van der Waals surface area contributed by atoms with E-state index < -0.39 is 10.0 Å². The van der Waals surface area contributed by atoms with Gasteiger partial charge in [0.25, 0.3) is 0 Å². The Morgan fingerprint density at radius 1 is 1.53 bits per heavy atom. The van der Waals surface area contributed by atoms with E-state index in [2.05, 4.69) is 20.7 Å². The first-order chi connectivity index (χ1) is 9.03. The van der Waals surface area contributed by atoms with Gasteiger partial charge in [-0.25, -0.2) is 13.1 Å². The van der Waals surface area contributed by atoms with Gasteiger partial charge in [0.15, 0.2) is 0 Å². The molecule has 1 aliphatic heterocycles. The number of hydrogen-bond donors (Lipinski definition) is 1. The van der Waals surface area contributed by atoms with Gasteiger partial charge in [0.2, 0.25) is 10.0 Å². The van der Waals surface area contributed by atoms with Crippen LogP contribution in [0.3, 0.4) is 0 Å². The number of methoxy groups -OCH3 is 1. The second-order valence-corrected chi connectivity index (χ2v) is 6.90. The molecule has 1 aromatic carbocycles. The molecule has 0 unspecified atom stereocenters. The fraction of sp³-hybridized carbons (Fsp3) is 0.500. The zero-order valence-electron chi connectivity index (χ0n) is 10.6. The number of sulfonamides is 1. The van der Waals surface area contributed by atoms with Gasteiger partial charge in [-0.05, 0) is 47.0 Å². The summed E-state index contributed by atoms with van der Waals surface area (Å²) in [6.45, 7) is 1.02. The molecule has 0 aromatic heterocycles. The van der Waals surface area contributed by atoms with Crippen molar-refractivity contribution in [2.75, 3.05) is 20.3 Å². The van der Waals surface area contributed by atoms with Gasteiger partial charge in [-0.15, -0.1) is 0 Å². The summed E-state index contributed by atoms with van der Waals surface area (Å²) in [5.41, 5.74) is 0. The number of nitrogens with one attached hydrogen (secondary N) is 1. The van der Waals surface area contributed by atoms with Crippen LogP contribution in [-0.2, 0) is 14.8 Å². The second-order valence-electron chi connectivity index (χ2n) is 4.28. The second kappa shape index (κ2) is 6.21. The summed E-state index contributed by atoms with van der Waals surface area (Å²) in [7, 11) is -1.98. The Balaban J connectivity index is 2.08. The zero-order valence-corrected chi connectivity index (χ0v) is 13.0. The van der Waals surface area contributed by atoms with Crippen molar-refractivity contribution in [1.82, 2.24) is 4.72 Å². The summed E-state index contributed by atoms with van der Waals surface area (Å²) in [6.07, 6.45) is 1.87. The molecule has 1 N–H and O–H groups in total. The molecule has 1 aliphatic rings. The highest BCUT2D eigenvalue weighted by Crippen LogP contribution is 2.27. The van der Waals surface area contributed by atoms with E-state index in [9.17, 15) is 8.42 Å². The van der Waals surface area contributed by atoms with Crippen molar-refractivity contribution in [3.63, 3.8) is 0 Å². The maximum atomic E-state index is 12.1. The van der Waals surface area contributed by atoms with Crippen molar-refractivity contribution in [3.8, 4) is 5.75 Å². The Morgan fingerprint density at radius 2 is 2.32 bits per heavy atom. The minimum absolute atomic E-state index is 0.0172. The predicted octanol–water partition coefficient (Wildman–Crippen LogP) is 1.91. The SMILES string of the molecule is COc1ccc(S(=O)(=O)NC[C@H]2CCCO2)cc1Br. The van der Waals surface area contributed by atoms with Crippen LogP contribution >= 0.6 is 15.9 Å². The van der Waals surface area contributed by atoms with Crippen molar-refractivity contribution in [2.45, 2.75) is 23.8 Å². The van der Waals surface area contributed by atoms with Crippen molar-refractivity contribution in [3.05, 3.63) is 22.7 Å². The van der Waals surface area contributed by atoms with E-state index in [1.54, 1.807) is 6.07 Å². The summed E-state index contributed by atoms with van der Waals surface area (Å²) < 4.78 is 37.9. The van der Waals surface area contributed by atoms with Crippen LogP contribution < -0.4 is 9.46 Å². The van der Waals surface area contributed by atoms with Gasteiger partial charge in [0.1, 0.15) is 5.75 Å². The number of hydrogen-bond acceptors (Lipinski definition) is 4. The normalized spacial score (nSPS) is 19.6. The van der Waals surface area contributed by atoms with Crippen LogP contribution in [-0.4, -0.2) is 34.8 Å². The predicted molar refractivity (Wildman–Crippen MR) is 74.9 cm³/mol. The maximum Gasteiger partial charge on any atom is 0.240 e. The van der Waals surface area contributed by atoms with Crippen LogP contribution in [0.15, 0.2) is 27.6 Å². The lowest BCUT2D eigenvalue weighted by Crippen LogP contribution is -2.31. The summed E-state index contributed by atoms with van der Waals surface area (Å²) in [5, 5.41) is 0. The topological polar surface area (TPSA) is 64.6 Å². The highest BCUT2D eigenvalue weighted by atomic mass is 79.9. The van der Waals surface area contributed by atoms with Crippen molar-refractivity contribution < 1.29 is 17.9 Å². The van der Waals surface area contributed by atoms with Gasteiger partial charge in [-0.1, -0.05) is 0 Å². The average Bonchev–Trinajstić information content (AvgIpc) is 2.89. The smallest absolute Gasteiger partial charge is 0.240 e. The van der Waals surface area contributed by atoms with Crippen LogP contribution in [0, 0.1) is 0 Å². The van der Waals surface area contributed by atoms with E-state index in [-0.39, 0.29) is 11.0 Å². The Hall–Kier alpha value is -0.630. The summed E-state index contributed by atoms with van der Waals surface area (Å²) in [5.74, 6) is 0.595. The number of benzene rings is 1. The van der Waals surface area contributed by atoms with E-state index in [0.29, 0.717) is 23.4 Å². The Labute approximate surface area is 121 Å². The average molecular weight is 350 g/mol. The van der Waals surface area contributed by atoms with Crippen molar-refractivity contribution in [1.29, 1.82) is 0 Å². The minimum atomic E-state index is -3.51. The lowest BCUT2D eigenvalue weighted by atomic mass is 10.2. The fourth-order valence-corrected chi connectivity index (χ4v) is 3.69. The molecular formula is C12H16BrNO4S. The molecule has 5 nitrogen and oxygen atoms in total. The lowest BCUT2D eigenvalue weighted by molar-refractivity contribution is 0.114. The molecule has 7 heteroatoms. The molecule has 0 saturated carbocycles. The van der Waals surface area contributed by atoms with E-state index in [4.69, 9.17) is 9.47 Å². The van der Waals surface area contributed by atoms with Crippen LogP contribution in [0.25, 0.3) is 0 Å². The Kier molecular flexibility index (Phi) is 4.83. The van der Waals surface area contributed by atoms with Gasteiger partial charge in [-0.3, -0.25) is 0 Å². The molecule has 1 aromatic rings. The van der Waals surface area contributed by atoms with Gasteiger partial charge in [-0.2, -0.15) is 0 Å². The van der Waals surface area contributed by atoms with E-state index in [0.717, 1.165) is 12.8 Å². The third-order valence-electron chi connectivity index (χ3n) is 2.96. The first kappa shape index (κ1) is 14.8. The quantitative estimate of drug-likeness (QED) is 0.881. The van der Waals surface area contributed by atoms with Gasteiger partial charge < -0.3 is 9.47 Å². The highest BCUT2D eigenvalue weighted by Gasteiger charge is 2.20. The number of rotatable bonds is 5. The van der Waals surface area contributed by atoms with Crippen molar-refractivity contribution in [2.24, 2.45) is 0 Å². The molecule has 1 saturated heterocycles. The van der Waals surface area contributed by atoms with Crippen molar-refractivity contribution >= 4 is 26.0 Å². The Bertz CT molecular complexity index is 541. The van der Waals surface area contributed by atoms with E-state index in [1.807, 2.05) is 0 Å². The van der Waals surface area contributed by atoms with Gasteiger partial charge in [0.05, 0.1) is 22.6 Å².